The molecule has 0 radical (unpaired) electrons. The summed E-state index contributed by atoms with van der Waals surface area (Å²) in [5.41, 5.74) is 0. The molecule has 2 rings (SSSR count). The zero-order valence-electron chi connectivity index (χ0n) is 10.1. The minimum Gasteiger partial charge on any atom is -0.343 e. The van der Waals surface area contributed by atoms with Gasteiger partial charge in [0.1, 0.15) is 15.7 Å². The van der Waals surface area contributed by atoms with Crippen molar-refractivity contribution in [3.8, 4) is 0 Å². The second-order valence-corrected chi connectivity index (χ2v) is 7.47. The normalized spacial score (nSPS) is 21.8. The number of hydrogen-bond acceptors (Lipinski definition) is 6. The number of nitrogens with zero attached hydrogens (tertiary/aromatic N) is 3. The summed E-state index contributed by atoms with van der Waals surface area (Å²) in [7, 11) is -2.94. The van der Waals surface area contributed by atoms with Crippen molar-refractivity contribution >= 4 is 26.5 Å². The van der Waals surface area contributed by atoms with E-state index in [9.17, 15) is 8.42 Å². The first-order valence-electron chi connectivity index (χ1n) is 5.70. The molecule has 1 fully saturated rings. The Bertz CT molecular complexity index is 483. The fraction of sp³-hybridized carbons (Fsp3) is 0.800. The van der Waals surface area contributed by atoms with Gasteiger partial charge in [0, 0.05) is 30.4 Å². The van der Waals surface area contributed by atoms with Crippen LogP contribution in [-0.4, -0.2) is 42.4 Å². The van der Waals surface area contributed by atoms with E-state index in [1.165, 1.54) is 17.8 Å². The van der Waals surface area contributed by atoms with Crippen molar-refractivity contribution < 1.29 is 8.42 Å². The third-order valence-electron chi connectivity index (χ3n) is 2.88. The first-order chi connectivity index (χ1) is 7.96. The molecular weight excluding hydrogens is 258 g/mol. The molecule has 17 heavy (non-hydrogen) atoms. The van der Waals surface area contributed by atoms with Crippen molar-refractivity contribution in [2.45, 2.75) is 32.2 Å². The minimum atomic E-state index is -2.94. The number of anilines is 1. The number of aryl methyl sites for hydroxylation is 1. The highest BCUT2D eigenvalue weighted by atomic mass is 32.2. The van der Waals surface area contributed by atoms with Gasteiger partial charge in [-0.25, -0.2) is 13.4 Å². The molecule has 0 amide bonds. The summed E-state index contributed by atoms with van der Waals surface area (Å²) < 4.78 is 27.0. The molecule has 1 atom stereocenters. The number of hydrogen-bond donors (Lipinski definition) is 0. The summed E-state index contributed by atoms with van der Waals surface area (Å²) in [6, 6.07) is 0.0612. The van der Waals surface area contributed by atoms with E-state index in [1.54, 1.807) is 0 Å². The Kier molecular flexibility index (Phi) is 3.67. The molecule has 96 valence electrons. The third kappa shape index (κ3) is 3.38. The molecule has 0 bridgehead atoms. The monoisotopic (exact) mass is 275 g/mol. The predicted molar refractivity (Wildman–Crippen MR) is 69.3 cm³/mol. The molecule has 0 aromatic carbocycles. The maximum atomic E-state index is 11.4. The van der Waals surface area contributed by atoms with E-state index in [0.29, 0.717) is 0 Å². The maximum Gasteiger partial charge on any atom is 0.205 e. The molecule has 1 aliphatic heterocycles. The van der Waals surface area contributed by atoms with Crippen LogP contribution in [0.4, 0.5) is 5.13 Å². The van der Waals surface area contributed by atoms with Crippen molar-refractivity contribution in [3.05, 3.63) is 5.82 Å². The fourth-order valence-electron chi connectivity index (χ4n) is 2.18. The standard InChI is InChI=1S/C10H17N3O2S2/c1-8-11-10(16-12-8)13-6-4-3-5-9(13)7-17(2,14)15/h9H,3-7H2,1-2H3/t9-/m1/s1. The van der Waals surface area contributed by atoms with Crippen LogP contribution < -0.4 is 4.90 Å². The van der Waals surface area contributed by atoms with E-state index in [0.717, 1.165) is 36.8 Å². The van der Waals surface area contributed by atoms with Crippen LogP contribution in [0.15, 0.2) is 0 Å². The van der Waals surface area contributed by atoms with Gasteiger partial charge in [0.05, 0.1) is 5.75 Å². The van der Waals surface area contributed by atoms with Crippen LogP contribution >= 0.6 is 11.5 Å². The second kappa shape index (κ2) is 4.89. The molecule has 1 aromatic heterocycles. The van der Waals surface area contributed by atoms with E-state index in [-0.39, 0.29) is 11.8 Å². The van der Waals surface area contributed by atoms with Gasteiger partial charge in [-0.3, -0.25) is 0 Å². The van der Waals surface area contributed by atoms with Crippen molar-refractivity contribution in [1.29, 1.82) is 0 Å². The molecule has 1 saturated heterocycles. The molecule has 5 nitrogen and oxygen atoms in total. The Morgan fingerprint density at radius 2 is 2.24 bits per heavy atom. The maximum absolute atomic E-state index is 11.4. The quantitative estimate of drug-likeness (QED) is 0.830. The molecule has 0 N–H and O–H groups in total. The smallest absolute Gasteiger partial charge is 0.205 e. The molecular formula is C10H17N3O2S2. The van der Waals surface area contributed by atoms with Gasteiger partial charge in [-0.15, -0.1) is 0 Å². The van der Waals surface area contributed by atoms with E-state index in [1.807, 2.05) is 6.92 Å². The molecule has 0 aliphatic carbocycles. The number of sulfone groups is 1. The lowest BCUT2D eigenvalue weighted by atomic mass is 10.0. The van der Waals surface area contributed by atoms with Gasteiger partial charge >= 0.3 is 0 Å². The fourth-order valence-corrected chi connectivity index (χ4v) is 4.00. The first kappa shape index (κ1) is 12.8. The Balaban J connectivity index is 2.17. The van der Waals surface area contributed by atoms with Crippen LogP contribution in [0.25, 0.3) is 0 Å². The Hall–Kier alpha value is -0.690. The highest BCUT2D eigenvalue weighted by molar-refractivity contribution is 7.90. The van der Waals surface area contributed by atoms with Crippen molar-refractivity contribution in [2.75, 3.05) is 23.5 Å². The van der Waals surface area contributed by atoms with E-state index >= 15 is 0 Å². The number of rotatable bonds is 3. The van der Waals surface area contributed by atoms with Gasteiger partial charge in [0.2, 0.25) is 5.13 Å². The molecule has 0 spiro atoms. The summed E-state index contributed by atoms with van der Waals surface area (Å²) in [4.78, 5) is 6.46. The van der Waals surface area contributed by atoms with Gasteiger partial charge in [-0.2, -0.15) is 4.37 Å². The zero-order valence-corrected chi connectivity index (χ0v) is 11.7. The van der Waals surface area contributed by atoms with E-state index < -0.39 is 9.84 Å². The average Bonchev–Trinajstić information content (AvgIpc) is 2.63. The van der Waals surface area contributed by atoms with E-state index in [2.05, 4.69) is 14.3 Å². The van der Waals surface area contributed by atoms with Crippen LogP contribution in [0.2, 0.25) is 0 Å². The molecule has 1 aliphatic rings. The average molecular weight is 275 g/mol. The van der Waals surface area contributed by atoms with Gasteiger partial charge in [0.15, 0.2) is 0 Å². The molecule has 1 aromatic rings. The predicted octanol–water partition coefficient (Wildman–Crippen LogP) is 1.25. The zero-order chi connectivity index (χ0) is 12.5. The summed E-state index contributed by atoms with van der Waals surface area (Å²) in [5, 5.41) is 0.857. The molecule has 0 unspecified atom stereocenters. The van der Waals surface area contributed by atoms with Gasteiger partial charge in [0.25, 0.3) is 0 Å². The van der Waals surface area contributed by atoms with Crippen LogP contribution in [0.3, 0.4) is 0 Å². The summed E-state index contributed by atoms with van der Waals surface area (Å²) in [6.07, 6.45) is 4.41. The Morgan fingerprint density at radius 1 is 1.47 bits per heavy atom. The van der Waals surface area contributed by atoms with Crippen LogP contribution in [-0.2, 0) is 9.84 Å². The summed E-state index contributed by atoms with van der Waals surface area (Å²) >= 11 is 1.36. The van der Waals surface area contributed by atoms with Gasteiger partial charge in [-0.1, -0.05) is 0 Å². The topological polar surface area (TPSA) is 63.2 Å². The Labute approximate surface area is 106 Å². The largest absolute Gasteiger partial charge is 0.343 e. The molecule has 0 saturated carbocycles. The van der Waals surface area contributed by atoms with E-state index in [4.69, 9.17) is 0 Å². The van der Waals surface area contributed by atoms with Crippen LogP contribution in [0.1, 0.15) is 25.1 Å². The van der Waals surface area contributed by atoms with Crippen LogP contribution in [0, 0.1) is 6.92 Å². The SMILES string of the molecule is Cc1nsc(N2CCCC[C@@H]2CS(C)(=O)=O)n1. The lowest BCUT2D eigenvalue weighted by Crippen LogP contribution is -2.43. The van der Waals surface area contributed by atoms with Gasteiger partial charge in [-0.05, 0) is 26.2 Å². The van der Waals surface area contributed by atoms with Crippen molar-refractivity contribution in [1.82, 2.24) is 9.36 Å². The lowest BCUT2D eigenvalue weighted by molar-refractivity contribution is 0.480. The molecule has 2 heterocycles. The summed E-state index contributed by atoms with van der Waals surface area (Å²) in [5.74, 6) is 0.972. The Morgan fingerprint density at radius 3 is 2.82 bits per heavy atom. The van der Waals surface area contributed by atoms with Gasteiger partial charge < -0.3 is 4.90 Å². The van der Waals surface area contributed by atoms with Crippen molar-refractivity contribution in [3.63, 3.8) is 0 Å². The second-order valence-electron chi connectivity index (χ2n) is 4.56. The third-order valence-corrected chi connectivity index (χ3v) is 4.72. The number of piperidine rings is 1. The highest BCUT2D eigenvalue weighted by Gasteiger charge is 2.27. The van der Waals surface area contributed by atoms with Crippen LogP contribution in [0.5, 0.6) is 0 Å². The van der Waals surface area contributed by atoms with Crippen molar-refractivity contribution in [2.24, 2.45) is 0 Å². The number of aromatic nitrogens is 2. The first-order valence-corrected chi connectivity index (χ1v) is 8.54. The lowest BCUT2D eigenvalue weighted by Gasteiger charge is -2.34. The summed E-state index contributed by atoms with van der Waals surface area (Å²) in [6.45, 7) is 2.74. The molecule has 7 heteroatoms. The minimum absolute atomic E-state index is 0.0612. The highest BCUT2D eigenvalue weighted by Crippen LogP contribution is 2.26.